The Morgan fingerprint density at radius 1 is 1.47 bits per heavy atom. The second-order valence-corrected chi connectivity index (χ2v) is 5.00. The van der Waals surface area contributed by atoms with Crippen LogP contribution >= 0.6 is 0 Å². The molecular weight excluding hydrogens is 220 g/mol. The maximum Gasteiger partial charge on any atom is 0.239 e. The van der Waals surface area contributed by atoms with Gasteiger partial charge in [0.2, 0.25) is 5.91 Å². The molecule has 1 unspecified atom stereocenters. The molecule has 1 aliphatic carbocycles. The average Bonchev–Trinajstić information content (AvgIpc) is 2.37. The number of ether oxygens (including phenoxy) is 1. The minimum atomic E-state index is -0.626. The third kappa shape index (κ3) is 4.26. The number of methoxy groups -OCH3 is 1. The minimum absolute atomic E-state index is 0.132. The first-order valence-electron chi connectivity index (χ1n) is 6.27. The number of carbonyl (C=O) groups excluding carboxylic acids is 1. The van der Waals surface area contributed by atoms with Gasteiger partial charge < -0.3 is 20.9 Å². The van der Waals surface area contributed by atoms with E-state index in [1.807, 2.05) is 0 Å². The first kappa shape index (κ1) is 14.4. The lowest BCUT2D eigenvalue weighted by molar-refractivity contribution is -0.124. The van der Waals surface area contributed by atoms with Crippen molar-refractivity contribution in [1.82, 2.24) is 5.32 Å². The van der Waals surface area contributed by atoms with E-state index in [1.165, 1.54) is 13.5 Å². The maximum atomic E-state index is 11.6. The van der Waals surface area contributed by atoms with Gasteiger partial charge in [-0.2, -0.15) is 0 Å². The monoisotopic (exact) mass is 244 g/mol. The topological polar surface area (TPSA) is 84.6 Å². The number of rotatable bonds is 6. The number of aliphatic hydroxyl groups is 1. The predicted octanol–water partition coefficient (Wildman–Crippen LogP) is 0.0191. The first-order chi connectivity index (χ1) is 8.13. The van der Waals surface area contributed by atoms with Crippen molar-refractivity contribution in [2.24, 2.45) is 11.1 Å². The Kier molecular flexibility index (Phi) is 5.88. The minimum Gasteiger partial charge on any atom is -0.396 e. The van der Waals surface area contributed by atoms with Crippen LogP contribution < -0.4 is 11.1 Å². The molecule has 0 aromatic carbocycles. The standard InChI is InChI=1S/C12H24N2O3/c1-17-7-10(13)11(16)14-8-12(9-15)5-3-2-4-6-12/h10,15H,2-9,13H2,1H3,(H,14,16). The summed E-state index contributed by atoms with van der Waals surface area (Å²) in [5.41, 5.74) is 5.49. The molecule has 1 aliphatic rings. The molecule has 0 aliphatic heterocycles. The van der Waals surface area contributed by atoms with E-state index in [2.05, 4.69) is 5.32 Å². The van der Waals surface area contributed by atoms with E-state index in [1.54, 1.807) is 0 Å². The van der Waals surface area contributed by atoms with Crippen LogP contribution in [0.2, 0.25) is 0 Å². The molecule has 0 aromatic heterocycles. The zero-order valence-corrected chi connectivity index (χ0v) is 10.6. The van der Waals surface area contributed by atoms with E-state index < -0.39 is 6.04 Å². The third-order valence-electron chi connectivity index (χ3n) is 3.57. The van der Waals surface area contributed by atoms with E-state index in [4.69, 9.17) is 10.5 Å². The zero-order valence-electron chi connectivity index (χ0n) is 10.6. The van der Waals surface area contributed by atoms with Gasteiger partial charge in [-0.1, -0.05) is 19.3 Å². The van der Waals surface area contributed by atoms with Gasteiger partial charge in [0.15, 0.2) is 0 Å². The highest BCUT2D eigenvalue weighted by Crippen LogP contribution is 2.35. The molecular formula is C12H24N2O3. The molecule has 4 N–H and O–H groups in total. The van der Waals surface area contributed by atoms with Crippen LogP contribution in [0.5, 0.6) is 0 Å². The van der Waals surface area contributed by atoms with Crippen LogP contribution in [0.15, 0.2) is 0 Å². The van der Waals surface area contributed by atoms with Gasteiger partial charge in [-0.15, -0.1) is 0 Å². The van der Waals surface area contributed by atoms with Crippen molar-refractivity contribution >= 4 is 5.91 Å². The summed E-state index contributed by atoms with van der Waals surface area (Å²) in [5, 5.41) is 12.3. The highest BCUT2D eigenvalue weighted by atomic mass is 16.5. The molecule has 0 spiro atoms. The Bertz CT molecular complexity index is 240. The van der Waals surface area contributed by atoms with Crippen molar-refractivity contribution in [3.63, 3.8) is 0 Å². The Labute approximate surface area is 103 Å². The van der Waals surface area contributed by atoms with Gasteiger partial charge >= 0.3 is 0 Å². The van der Waals surface area contributed by atoms with E-state index in [0.717, 1.165) is 25.7 Å². The second kappa shape index (κ2) is 6.93. The summed E-state index contributed by atoms with van der Waals surface area (Å²) in [7, 11) is 1.52. The van der Waals surface area contributed by atoms with Gasteiger partial charge in [0, 0.05) is 19.1 Å². The fourth-order valence-corrected chi connectivity index (χ4v) is 2.35. The highest BCUT2D eigenvalue weighted by Gasteiger charge is 2.32. The lowest BCUT2D eigenvalue weighted by Crippen LogP contribution is -2.48. The number of hydrogen-bond acceptors (Lipinski definition) is 4. The summed E-state index contributed by atoms with van der Waals surface area (Å²) in [4.78, 5) is 11.6. The molecule has 1 atom stereocenters. The SMILES string of the molecule is COCC(N)C(=O)NCC1(CO)CCCCC1. The first-order valence-corrected chi connectivity index (χ1v) is 6.27. The van der Waals surface area contributed by atoms with Crippen molar-refractivity contribution < 1.29 is 14.6 Å². The molecule has 17 heavy (non-hydrogen) atoms. The van der Waals surface area contributed by atoms with Gasteiger partial charge in [-0.25, -0.2) is 0 Å². The lowest BCUT2D eigenvalue weighted by atomic mass is 9.74. The van der Waals surface area contributed by atoms with Gasteiger partial charge in [-0.3, -0.25) is 4.79 Å². The van der Waals surface area contributed by atoms with E-state index >= 15 is 0 Å². The van der Waals surface area contributed by atoms with Crippen LogP contribution in [0.25, 0.3) is 0 Å². The molecule has 1 rings (SSSR count). The molecule has 5 heteroatoms. The summed E-state index contributed by atoms with van der Waals surface area (Å²) in [6.45, 7) is 0.866. The number of nitrogens with two attached hydrogens (primary N) is 1. The van der Waals surface area contributed by atoms with Crippen LogP contribution in [0, 0.1) is 5.41 Å². The molecule has 0 heterocycles. The molecule has 1 amide bonds. The largest absolute Gasteiger partial charge is 0.396 e. The maximum absolute atomic E-state index is 11.6. The van der Waals surface area contributed by atoms with Gasteiger partial charge in [0.25, 0.3) is 0 Å². The average molecular weight is 244 g/mol. The summed E-state index contributed by atoms with van der Waals surface area (Å²) in [5.74, 6) is -0.203. The van der Waals surface area contributed by atoms with Gasteiger partial charge in [0.05, 0.1) is 13.2 Å². The molecule has 1 saturated carbocycles. The summed E-state index contributed by atoms with van der Waals surface area (Å²) in [6.07, 6.45) is 5.42. The van der Waals surface area contributed by atoms with E-state index in [0.29, 0.717) is 6.54 Å². The normalized spacial score (nSPS) is 20.9. The van der Waals surface area contributed by atoms with E-state index in [9.17, 15) is 9.90 Å². The molecule has 0 radical (unpaired) electrons. The Hall–Kier alpha value is -0.650. The highest BCUT2D eigenvalue weighted by molar-refractivity contribution is 5.81. The number of hydrogen-bond donors (Lipinski definition) is 3. The number of carbonyl (C=O) groups is 1. The van der Waals surface area contributed by atoms with Crippen LogP contribution in [-0.2, 0) is 9.53 Å². The molecule has 0 bridgehead atoms. The third-order valence-corrected chi connectivity index (χ3v) is 3.57. The molecule has 100 valence electrons. The quantitative estimate of drug-likeness (QED) is 0.615. The molecule has 0 aromatic rings. The summed E-state index contributed by atoms with van der Waals surface area (Å²) in [6, 6.07) is -0.626. The molecule has 1 fully saturated rings. The summed E-state index contributed by atoms with van der Waals surface area (Å²) < 4.78 is 4.83. The number of nitrogens with one attached hydrogen (secondary N) is 1. The number of amides is 1. The fourth-order valence-electron chi connectivity index (χ4n) is 2.35. The lowest BCUT2D eigenvalue weighted by Gasteiger charge is -2.35. The Morgan fingerprint density at radius 3 is 2.65 bits per heavy atom. The fraction of sp³-hybridized carbons (Fsp3) is 0.917. The van der Waals surface area contributed by atoms with Gasteiger partial charge in [0.1, 0.15) is 6.04 Å². The zero-order chi connectivity index (χ0) is 12.7. The predicted molar refractivity (Wildman–Crippen MR) is 65.5 cm³/mol. The van der Waals surface area contributed by atoms with Crippen LogP contribution in [0.1, 0.15) is 32.1 Å². The number of aliphatic hydroxyl groups excluding tert-OH is 1. The van der Waals surface area contributed by atoms with Crippen molar-refractivity contribution in [2.75, 3.05) is 26.9 Å². The van der Waals surface area contributed by atoms with E-state index in [-0.39, 0.29) is 24.5 Å². The van der Waals surface area contributed by atoms with Gasteiger partial charge in [-0.05, 0) is 12.8 Å². The Morgan fingerprint density at radius 2 is 2.12 bits per heavy atom. The van der Waals surface area contributed by atoms with Crippen LogP contribution in [0.3, 0.4) is 0 Å². The molecule has 5 nitrogen and oxygen atoms in total. The van der Waals surface area contributed by atoms with Crippen molar-refractivity contribution in [1.29, 1.82) is 0 Å². The van der Waals surface area contributed by atoms with Crippen molar-refractivity contribution in [3.05, 3.63) is 0 Å². The smallest absolute Gasteiger partial charge is 0.239 e. The van der Waals surface area contributed by atoms with Crippen LogP contribution in [-0.4, -0.2) is 43.9 Å². The Balaban J connectivity index is 2.39. The summed E-state index contributed by atoms with van der Waals surface area (Å²) >= 11 is 0. The second-order valence-electron chi connectivity index (χ2n) is 5.00. The van der Waals surface area contributed by atoms with Crippen LogP contribution in [0.4, 0.5) is 0 Å². The van der Waals surface area contributed by atoms with Crippen molar-refractivity contribution in [3.8, 4) is 0 Å². The molecule has 0 saturated heterocycles. The van der Waals surface area contributed by atoms with Crippen molar-refractivity contribution in [2.45, 2.75) is 38.1 Å².